The summed E-state index contributed by atoms with van der Waals surface area (Å²) >= 11 is 0. The van der Waals surface area contributed by atoms with Gasteiger partial charge in [-0.3, -0.25) is 9.13 Å². The fraction of sp³-hybridized carbons (Fsp3) is 0.318. The van der Waals surface area contributed by atoms with Crippen molar-refractivity contribution in [3.63, 3.8) is 0 Å². The molecule has 1 saturated heterocycles. The van der Waals surface area contributed by atoms with Gasteiger partial charge in [-0.15, -0.1) is 10.2 Å². The molecule has 0 bridgehead atoms. The minimum Gasteiger partial charge on any atom is -0.339 e. The van der Waals surface area contributed by atoms with Crippen molar-refractivity contribution in [2.45, 2.75) is 18.9 Å². The Morgan fingerprint density at radius 3 is 2.77 bits per heavy atom. The highest BCUT2D eigenvalue weighted by atomic mass is 15.4. The van der Waals surface area contributed by atoms with Gasteiger partial charge < -0.3 is 9.80 Å². The van der Waals surface area contributed by atoms with Crippen molar-refractivity contribution >= 4 is 5.82 Å². The molecule has 0 aliphatic carbocycles. The van der Waals surface area contributed by atoms with Crippen LogP contribution in [0, 0.1) is 0 Å². The fourth-order valence-corrected chi connectivity index (χ4v) is 4.89. The highest BCUT2D eigenvalue weighted by Crippen LogP contribution is 2.44. The predicted molar refractivity (Wildman–Crippen MR) is 116 cm³/mol. The first kappa shape index (κ1) is 18.2. The van der Waals surface area contributed by atoms with Crippen LogP contribution in [-0.2, 0) is 5.54 Å². The van der Waals surface area contributed by atoms with Gasteiger partial charge in [-0.1, -0.05) is 37.3 Å². The van der Waals surface area contributed by atoms with Gasteiger partial charge in [0.2, 0.25) is 5.95 Å². The molecule has 9 heteroatoms. The summed E-state index contributed by atoms with van der Waals surface area (Å²) in [6, 6.07) is 10.1. The van der Waals surface area contributed by atoms with E-state index in [0.29, 0.717) is 5.95 Å². The Bertz CT molecular complexity index is 1240. The lowest BCUT2D eigenvalue weighted by molar-refractivity contribution is 0.173. The Hall–Kier alpha value is -3.59. The fourth-order valence-electron chi connectivity index (χ4n) is 4.89. The van der Waals surface area contributed by atoms with Gasteiger partial charge in [0.05, 0.1) is 6.20 Å². The standard InChI is InChI=1S/C22H23N9/c1-3-22-14-28(2)11-12-31(22)19-17(30-15-25-27-20(22)30)13-24-21(26-19)29-10-9-23-18(29)16-7-5-4-6-8-16/h4-10,13,15H,3,11-12,14H2,1-2H3/t22-/m0/s1. The van der Waals surface area contributed by atoms with Crippen molar-refractivity contribution in [2.75, 3.05) is 31.6 Å². The number of fused-ring (bicyclic) bond motifs is 6. The van der Waals surface area contributed by atoms with E-state index >= 15 is 0 Å². The quantitative estimate of drug-likeness (QED) is 0.510. The zero-order valence-electron chi connectivity index (χ0n) is 17.5. The highest BCUT2D eigenvalue weighted by molar-refractivity contribution is 5.65. The van der Waals surface area contributed by atoms with Crippen molar-refractivity contribution < 1.29 is 0 Å². The van der Waals surface area contributed by atoms with E-state index in [0.717, 1.165) is 54.8 Å². The first-order chi connectivity index (χ1) is 15.2. The molecule has 5 heterocycles. The highest BCUT2D eigenvalue weighted by Gasteiger charge is 2.49. The third-order valence-corrected chi connectivity index (χ3v) is 6.44. The summed E-state index contributed by atoms with van der Waals surface area (Å²) < 4.78 is 3.99. The maximum absolute atomic E-state index is 5.07. The minimum absolute atomic E-state index is 0.265. The largest absolute Gasteiger partial charge is 0.339 e. The van der Waals surface area contributed by atoms with E-state index in [-0.39, 0.29) is 5.54 Å². The molecule has 1 fully saturated rings. The van der Waals surface area contributed by atoms with Crippen LogP contribution in [0.2, 0.25) is 0 Å². The van der Waals surface area contributed by atoms with Crippen molar-refractivity contribution in [3.05, 3.63) is 61.1 Å². The number of anilines is 1. The summed E-state index contributed by atoms with van der Waals surface area (Å²) in [5.41, 5.74) is 1.68. The first-order valence-electron chi connectivity index (χ1n) is 10.5. The maximum atomic E-state index is 5.07. The van der Waals surface area contributed by atoms with E-state index in [4.69, 9.17) is 9.97 Å². The molecule has 156 valence electrons. The number of benzene rings is 1. The monoisotopic (exact) mass is 413 g/mol. The lowest BCUT2D eigenvalue weighted by atomic mass is 9.87. The second kappa shape index (κ2) is 6.71. The normalized spacial score (nSPS) is 20.3. The number of hydrogen-bond donors (Lipinski definition) is 0. The summed E-state index contributed by atoms with van der Waals surface area (Å²) in [6.45, 7) is 4.92. The lowest BCUT2D eigenvalue weighted by Crippen LogP contribution is -2.62. The SMILES string of the molecule is CC[C@@]12CN(C)CCN1c1nc(-n3ccnc3-c3ccccc3)ncc1-n1cnnc12. The van der Waals surface area contributed by atoms with Gasteiger partial charge in [-0.25, -0.2) is 9.97 Å². The van der Waals surface area contributed by atoms with Crippen LogP contribution in [0.5, 0.6) is 0 Å². The van der Waals surface area contributed by atoms with Gasteiger partial charge in [0.25, 0.3) is 0 Å². The van der Waals surface area contributed by atoms with Crippen molar-refractivity contribution in [1.29, 1.82) is 0 Å². The van der Waals surface area contributed by atoms with Crippen LogP contribution in [0.1, 0.15) is 19.2 Å². The molecule has 1 atom stereocenters. The average Bonchev–Trinajstić information content (AvgIpc) is 3.49. The van der Waals surface area contributed by atoms with E-state index in [2.05, 4.69) is 39.0 Å². The summed E-state index contributed by atoms with van der Waals surface area (Å²) in [4.78, 5) is 19.1. The number of piperazine rings is 1. The van der Waals surface area contributed by atoms with Gasteiger partial charge in [-0.2, -0.15) is 4.98 Å². The smallest absolute Gasteiger partial charge is 0.237 e. The molecule has 2 aliphatic rings. The second-order valence-corrected chi connectivity index (χ2v) is 8.16. The van der Waals surface area contributed by atoms with E-state index in [9.17, 15) is 0 Å². The third-order valence-electron chi connectivity index (χ3n) is 6.44. The number of hydrogen-bond acceptors (Lipinski definition) is 7. The van der Waals surface area contributed by atoms with E-state index in [1.807, 2.05) is 51.9 Å². The van der Waals surface area contributed by atoms with Gasteiger partial charge in [0, 0.05) is 37.6 Å². The minimum atomic E-state index is -0.265. The van der Waals surface area contributed by atoms with Crippen LogP contribution < -0.4 is 4.90 Å². The molecule has 4 aromatic rings. The Morgan fingerprint density at radius 1 is 1.06 bits per heavy atom. The summed E-state index contributed by atoms with van der Waals surface area (Å²) in [6.07, 6.45) is 8.25. The molecule has 9 nitrogen and oxygen atoms in total. The summed E-state index contributed by atoms with van der Waals surface area (Å²) in [7, 11) is 2.16. The zero-order valence-corrected chi connectivity index (χ0v) is 17.5. The molecule has 6 rings (SSSR count). The second-order valence-electron chi connectivity index (χ2n) is 8.16. The molecule has 0 radical (unpaired) electrons. The van der Waals surface area contributed by atoms with Crippen molar-refractivity contribution in [2.24, 2.45) is 0 Å². The zero-order chi connectivity index (χ0) is 21.0. The molecule has 0 saturated carbocycles. The Morgan fingerprint density at radius 2 is 1.94 bits per heavy atom. The van der Waals surface area contributed by atoms with Crippen LogP contribution in [-0.4, -0.2) is 65.9 Å². The molecule has 0 N–H and O–H groups in total. The third kappa shape index (κ3) is 2.56. The van der Waals surface area contributed by atoms with Crippen LogP contribution in [0.3, 0.4) is 0 Å². The predicted octanol–water partition coefficient (Wildman–Crippen LogP) is 2.28. The molecule has 1 aromatic carbocycles. The van der Waals surface area contributed by atoms with Gasteiger partial charge in [0.15, 0.2) is 11.6 Å². The molecular weight excluding hydrogens is 390 g/mol. The van der Waals surface area contributed by atoms with Crippen LogP contribution in [0.15, 0.2) is 55.2 Å². The Kier molecular flexibility index (Phi) is 3.94. The number of nitrogens with zero attached hydrogens (tertiary/aromatic N) is 9. The number of rotatable bonds is 3. The average molecular weight is 413 g/mol. The first-order valence-corrected chi connectivity index (χ1v) is 10.5. The van der Waals surface area contributed by atoms with E-state index in [1.54, 1.807) is 12.5 Å². The van der Waals surface area contributed by atoms with Crippen LogP contribution in [0.25, 0.3) is 23.0 Å². The molecular formula is C22H23N9. The van der Waals surface area contributed by atoms with E-state index in [1.165, 1.54) is 0 Å². The molecule has 0 unspecified atom stereocenters. The van der Waals surface area contributed by atoms with Gasteiger partial charge in [0.1, 0.15) is 23.4 Å². The van der Waals surface area contributed by atoms with Crippen molar-refractivity contribution in [3.8, 4) is 23.0 Å². The molecule has 3 aromatic heterocycles. The Balaban J connectivity index is 1.53. The van der Waals surface area contributed by atoms with E-state index < -0.39 is 0 Å². The van der Waals surface area contributed by atoms with Gasteiger partial charge >= 0.3 is 0 Å². The summed E-state index contributed by atoms with van der Waals surface area (Å²) in [5.74, 6) is 3.30. The topological polar surface area (TPSA) is 80.8 Å². The summed E-state index contributed by atoms with van der Waals surface area (Å²) in [5, 5.41) is 8.75. The van der Waals surface area contributed by atoms with Crippen LogP contribution >= 0.6 is 0 Å². The molecule has 0 amide bonds. The Labute approximate surface area is 180 Å². The number of likely N-dealkylation sites (N-methyl/N-ethyl adjacent to an activating group) is 1. The molecule has 31 heavy (non-hydrogen) atoms. The molecule has 2 aliphatic heterocycles. The van der Waals surface area contributed by atoms with Crippen molar-refractivity contribution in [1.82, 2.24) is 39.2 Å². The number of aromatic nitrogens is 7. The maximum Gasteiger partial charge on any atom is 0.237 e. The number of imidazole rings is 1. The van der Waals surface area contributed by atoms with Gasteiger partial charge in [-0.05, 0) is 13.5 Å². The molecule has 0 spiro atoms. The van der Waals surface area contributed by atoms with Crippen LogP contribution in [0.4, 0.5) is 5.82 Å². The lowest BCUT2D eigenvalue weighted by Gasteiger charge is -2.52.